The Morgan fingerprint density at radius 1 is 1.17 bits per heavy atom. The summed E-state index contributed by atoms with van der Waals surface area (Å²) in [6, 6.07) is 10.7. The Bertz CT molecular complexity index is 593. The van der Waals surface area contributed by atoms with Gasteiger partial charge in [0.2, 0.25) is 0 Å². The third-order valence-electron chi connectivity index (χ3n) is 2.59. The van der Waals surface area contributed by atoms with E-state index < -0.39 is 5.97 Å². The molecular weight excluding hydrogens is 235 g/mol. The van der Waals surface area contributed by atoms with E-state index in [-0.39, 0.29) is 17.1 Å². The predicted octanol–water partition coefficient (Wildman–Crippen LogP) is 3.20. The zero-order chi connectivity index (χ0) is 13.1. The number of carbonyl (C=O) groups is 1. The van der Waals surface area contributed by atoms with E-state index in [0.717, 1.165) is 0 Å². The van der Waals surface area contributed by atoms with Crippen LogP contribution in [0.15, 0.2) is 42.5 Å². The number of carboxylic acids is 1. The molecule has 0 radical (unpaired) electrons. The summed E-state index contributed by atoms with van der Waals surface area (Å²) < 4.78 is 18.1. The van der Waals surface area contributed by atoms with Crippen molar-refractivity contribution in [3.63, 3.8) is 0 Å². The highest BCUT2D eigenvalue weighted by Crippen LogP contribution is 2.27. The fourth-order valence-corrected chi connectivity index (χ4v) is 1.72. The lowest BCUT2D eigenvalue weighted by Gasteiger charge is -2.08. The van der Waals surface area contributed by atoms with Crippen LogP contribution in [0.5, 0.6) is 5.75 Å². The van der Waals surface area contributed by atoms with E-state index in [1.54, 1.807) is 24.3 Å². The minimum atomic E-state index is -1.08. The Morgan fingerprint density at radius 2 is 1.89 bits per heavy atom. The van der Waals surface area contributed by atoms with Crippen molar-refractivity contribution in [1.29, 1.82) is 0 Å². The van der Waals surface area contributed by atoms with Gasteiger partial charge in [0.05, 0.1) is 7.11 Å². The molecule has 2 rings (SSSR count). The summed E-state index contributed by atoms with van der Waals surface area (Å²) in [5.74, 6) is -1.16. The average molecular weight is 246 g/mol. The zero-order valence-corrected chi connectivity index (χ0v) is 9.68. The number of rotatable bonds is 3. The number of hydrogen-bond donors (Lipinski definition) is 1. The van der Waals surface area contributed by atoms with E-state index in [1.807, 2.05) is 0 Å². The maximum atomic E-state index is 13.1. The van der Waals surface area contributed by atoms with E-state index in [4.69, 9.17) is 9.84 Å². The molecule has 4 heteroatoms. The summed E-state index contributed by atoms with van der Waals surface area (Å²) in [6.07, 6.45) is 0. The Kier molecular flexibility index (Phi) is 3.28. The van der Waals surface area contributed by atoms with Crippen LogP contribution in [0.1, 0.15) is 10.4 Å². The molecule has 0 unspecified atom stereocenters. The third-order valence-corrected chi connectivity index (χ3v) is 2.59. The molecule has 0 aliphatic heterocycles. The van der Waals surface area contributed by atoms with Crippen LogP contribution in [0.2, 0.25) is 0 Å². The van der Waals surface area contributed by atoms with Crippen molar-refractivity contribution in [1.82, 2.24) is 0 Å². The van der Waals surface area contributed by atoms with Crippen molar-refractivity contribution in [2.24, 2.45) is 0 Å². The molecule has 0 heterocycles. The summed E-state index contributed by atoms with van der Waals surface area (Å²) in [6.45, 7) is 0. The van der Waals surface area contributed by atoms with Gasteiger partial charge in [-0.1, -0.05) is 18.2 Å². The first-order valence-corrected chi connectivity index (χ1v) is 5.29. The molecule has 0 spiro atoms. The molecule has 0 atom stereocenters. The Labute approximate surface area is 103 Å². The van der Waals surface area contributed by atoms with E-state index in [0.29, 0.717) is 11.1 Å². The minimum Gasteiger partial charge on any atom is -0.496 e. The van der Waals surface area contributed by atoms with E-state index >= 15 is 0 Å². The summed E-state index contributed by atoms with van der Waals surface area (Å²) in [5, 5.41) is 9.07. The van der Waals surface area contributed by atoms with Crippen molar-refractivity contribution < 1.29 is 19.0 Å². The largest absolute Gasteiger partial charge is 0.496 e. The highest BCUT2D eigenvalue weighted by molar-refractivity contribution is 5.92. The standard InChI is InChI=1S/C14H11FO3/c1-18-13-6-5-10(8-12(13)14(16)17)9-3-2-4-11(15)7-9/h2-8H,1H3,(H,16,17). The van der Waals surface area contributed by atoms with E-state index in [9.17, 15) is 9.18 Å². The number of ether oxygens (including phenoxy) is 1. The van der Waals surface area contributed by atoms with E-state index in [2.05, 4.69) is 0 Å². The first-order valence-electron chi connectivity index (χ1n) is 5.29. The molecule has 2 aromatic carbocycles. The molecule has 0 aliphatic carbocycles. The van der Waals surface area contributed by atoms with Gasteiger partial charge in [0.1, 0.15) is 17.1 Å². The first kappa shape index (κ1) is 12.1. The van der Waals surface area contributed by atoms with Gasteiger partial charge in [-0.2, -0.15) is 0 Å². The van der Waals surface area contributed by atoms with Crippen LogP contribution < -0.4 is 4.74 Å². The van der Waals surface area contributed by atoms with Gasteiger partial charge in [-0.25, -0.2) is 9.18 Å². The van der Waals surface area contributed by atoms with Crippen LogP contribution in [0, 0.1) is 5.82 Å². The van der Waals surface area contributed by atoms with Gasteiger partial charge in [-0.3, -0.25) is 0 Å². The van der Waals surface area contributed by atoms with Crippen molar-refractivity contribution in [3.8, 4) is 16.9 Å². The Hall–Kier alpha value is -2.36. The zero-order valence-electron chi connectivity index (χ0n) is 9.68. The van der Waals surface area contributed by atoms with E-state index in [1.165, 1.54) is 25.3 Å². The highest BCUT2D eigenvalue weighted by Gasteiger charge is 2.12. The molecule has 2 aromatic rings. The summed E-state index contributed by atoms with van der Waals surface area (Å²) in [4.78, 5) is 11.1. The lowest BCUT2D eigenvalue weighted by molar-refractivity contribution is 0.0693. The quantitative estimate of drug-likeness (QED) is 0.904. The summed E-state index contributed by atoms with van der Waals surface area (Å²) >= 11 is 0. The van der Waals surface area contributed by atoms with Crippen LogP contribution >= 0.6 is 0 Å². The molecule has 0 amide bonds. The van der Waals surface area contributed by atoms with Gasteiger partial charge in [-0.05, 0) is 35.4 Å². The SMILES string of the molecule is COc1ccc(-c2cccc(F)c2)cc1C(=O)O. The number of hydrogen-bond acceptors (Lipinski definition) is 2. The smallest absolute Gasteiger partial charge is 0.339 e. The Balaban J connectivity index is 2.53. The van der Waals surface area contributed by atoms with Crippen molar-refractivity contribution in [2.45, 2.75) is 0 Å². The minimum absolute atomic E-state index is 0.0549. The molecule has 1 N–H and O–H groups in total. The van der Waals surface area contributed by atoms with Gasteiger partial charge < -0.3 is 9.84 Å². The van der Waals surface area contributed by atoms with Gasteiger partial charge in [-0.15, -0.1) is 0 Å². The fraction of sp³-hybridized carbons (Fsp3) is 0.0714. The summed E-state index contributed by atoms with van der Waals surface area (Å²) in [7, 11) is 1.41. The second kappa shape index (κ2) is 4.87. The fourth-order valence-electron chi connectivity index (χ4n) is 1.72. The second-order valence-electron chi connectivity index (χ2n) is 3.73. The topological polar surface area (TPSA) is 46.5 Å². The molecule has 0 aliphatic rings. The molecule has 18 heavy (non-hydrogen) atoms. The first-order chi connectivity index (χ1) is 8.61. The molecule has 0 bridgehead atoms. The third kappa shape index (κ3) is 2.32. The van der Waals surface area contributed by atoms with Gasteiger partial charge in [0.15, 0.2) is 0 Å². The maximum Gasteiger partial charge on any atom is 0.339 e. The van der Waals surface area contributed by atoms with Gasteiger partial charge in [0, 0.05) is 0 Å². The normalized spacial score (nSPS) is 10.1. The molecular formula is C14H11FO3. The molecule has 0 aromatic heterocycles. The average Bonchev–Trinajstić information content (AvgIpc) is 2.38. The van der Waals surface area contributed by atoms with Crippen molar-refractivity contribution in [3.05, 3.63) is 53.8 Å². The number of aromatic carboxylic acids is 1. The lowest BCUT2D eigenvalue weighted by atomic mass is 10.0. The van der Waals surface area contributed by atoms with Crippen LogP contribution in [0.4, 0.5) is 4.39 Å². The van der Waals surface area contributed by atoms with Crippen LogP contribution in [-0.2, 0) is 0 Å². The molecule has 0 fully saturated rings. The maximum absolute atomic E-state index is 13.1. The predicted molar refractivity (Wildman–Crippen MR) is 65.3 cm³/mol. The number of methoxy groups -OCH3 is 1. The van der Waals surface area contributed by atoms with Crippen LogP contribution in [0.3, 0.4) is 0 Å². The Morgan fingerprint density at radius 3 is 2.50 bits per heavy atom. The van der Waals surface area contributed by atoms with Crippen molar-refractivity contribution >= 4 is 5.97 Å². The van der Waals surface area contributed by atoms with Crippen LogP contribution in [0.25, 0.3) is 11.1 Å². The molecule has 3 nitrogen and oxygen atoms in total. The van der Waals surface area contributed by atoms with Crippen LogP contribution in [-0.4, -0.2) is 18.2 Å². The molecule has 92 valence electrons. The number of halogens is 1. The lowest BCUT2D eigenvalue weighted by Crippen LogP contribution is -2.00. The van der Waals surface area contributed by atoms with Crippen molar-refractivity contribution in [2.75, 3.05) is 7.11 Å². The van der Waals surface area contributed by atoms with Gasteiger partial charge >= 0.3 is 5.97 Å². The highest BCUT2D eigenvalue weighted by atomic mass is 19.1. The molecule has 0 saturated heterocycles. The number of benzene rings is 2. The van der Waals surface area contributed by atoms with Gasteiger partial charge in [0.25, 0.3) is 0 Å². The summed E-state index contributed by atoms with van der Waals surface area (Å²) in [5.41, 5.74) is 1.31. The molecule has 0 saturated carbocycles. The second-order valence-corrected chi connectivity index (χ2v) is 3.73. The number of carboxylic acid groups (broad SMARTS) is 1. The monoisotopic (exact) mass is 246 g/mol.